The highest BCUT2D eigenvalue weighted by atomic mass is 32.2. The Hall–Kier alpha value is -3.09. The first-order valence-corrected chi connectivity index (χ1v) is 11.5. The van der Waals surface area contributed by atoms with E-state index in [0.717, 1.165) is 0 Å². The molecule has 162 valence electrons. The van der Waals surface area contributed by atoms with Crippen LogP contribution in [0.5, 0.6) is 0 Å². The van der Waals surface area contributed by atoms with E-state index in [1.54, 1.807) is 30.3 Å². The lowest BCUT2D eigenvalue weighted by molar-refractivity contribution is -0.384. The van der Waals surface area contributed by atoms with Gasteiger partial charge in [-0.05, 0) is 36.2 Å². The lowest BCUT2D eigenvalue weighted by atomic mass is 9.99. The van der Waals surface area contributed by atoms with Crippen molar-refractivity contribution in [1.29, 1.82) is 0 Å². The number of carbonyl (C=O) groups excluding carboxylic acids is 1. The van der Waals surface area contributed by atoms with Crippen molar-refractivity contribution in [2.75, 3.05) is 17.5 Å². The average molecular weight is 462 g/mol. The van der Waals surface area contributed by atoms with Gasteiger partial charge in [-0.15, -0.1) is 16.9 Å². The summed E-state index contributed by atoms with van der Waals surface area (Å²) >= 11 is 1.30. The van der Waals surface area contributed by atoms with Gasteiger partial charge in [-0.25, -0.2) is 4.72 Å². The summed E-state index contributed by atoms with van der Waals surface area (Å²) in [4.78, 5) is 22.1. The number of nitro benzene ring substituents is 1. The van der Waals surface area contributed by atoms with Crippen molar-refractivity contribution in [3.63, 3.8) is 0 Å². The van der Waals surface area contributed by atoms with Gasteiger partial charge < -0.3 is 0 Å². The van der Waals surface area contributed by atoms with Gasteiger partial charge in [0.1, 0.15) is 10.8 Å². The zero-order valence-electron chi connectivity index (χ0n) is 16.7. The Morgan fingerprint density at radius 1 is 1.13 bits per heavy atom. The molecular weight excluding hydrogens is 442 g/mol. The minimum atomic E-state index is -3.64. The predicted octanol–water partition coefficient (Wildman–Crippen LogP) is 2.97. The number of thioether (sulfide) groups is 1. The molecule has 0 saturated carbocycles. The van der Waals surface area contributed by atoms with Crippen LogP contribution < -0.4 is 9.44 Å². The fourth-order valence-corrected chi connectivity index (χ4v) is 4.00. The zero-order valence-corrected chi connectivity index (χ0v) is 18.3. The first-order chi connectivity index (χ1) is 14.7. The number of benzene rings is 2. The molecule has 0 spiro atoms. The quantitative estimate of drug-likeness (QED) is 0.457. The molecule has 0 saturated heterocycles. The van der Waals surface area contributed by atoms with Crippen LogP contribution in [0.4, 0.5) is 11.4 Å². The Morgan fingerprint density at radius 3 is 2.42 bits per heavy atom. The molecule has 3 rings (SSSR count). The summed E-state index contributed by atoms with van der Waals surface area (Å²) in [6, 6.07) is 11.1. The van der Waals surface area contributed by atoms with Crippen molar-refractivity contribution in [2.45, 2.75) is 13.3 Å². The molecule has 0 aliphatic carbocycles. The highest BCUT2D eigenvalue weighted by Gasteiger charge is 2.20. The summed E-state index contributed by atoms with van der Waals surface area (Å²) in [6.07, 6.45) is 0.392. The highest BCUT2D eigenvalue weighted by molar-refractivity contribution is 8.14. The second-order valence-electron chi connectivity index (χ2n) is 6.62. The summed E-state index contributed by atoms with van der Waals surface area (Å²) in [5.41, 5.74) is 2.65. The summed E-state index contributed by atoms with van der Waals surface area (Å²) in [7, 11) is -2.35. The monoisotopic (exact) mass is 461 g/mol. The number of hydrogen-bond donors (Lipinski definition) is 2. The molecule has 12 heteroatoms. The molecule has 1 aliphatic heterocycles. The first-order valence-electron chi connectivity index (χ1n) is 9.04. The molecule has 0 fully saturated rings. The number of non-ortho nitro benzene ring substituents is 1. The molecule has 1 aliphatic rings. The number of nitrogens with zero attached hydrogens (tertiary/aromatic N) is 3. The van der Waals surface area contributed by atoms with E-state index in [1.165, 1.54) is 37.9 Å². The van der Waals surface area contributed by atoms with Gasteiger partial charge in [0, 0.05) is 36.9 Å². The lowest BCUT2D eigenvalue weighted by Gasteiger charge is -2.09. The summed E-state index contributed by atoms with van der Waals surface area (Å²) in [5, 5.41) is 20.3. The standard InChI is InChI=1S/C19H19N5O5S2/c1-12(25)11-30-19-10-18(21-22-19)15-7-14(8-17(9-15)24(26)27)13-3-5-16(6-4-13)23-31(28,29)20-2/h3-9,20,23H,10-11H2,1-2H3. The number of anilines is 1. The molecule has 2 aromatic carbocycles. The molecule has 0 atom stereocenters. The maximum absolute atomic E-state index is 11.6. The molecule has 1 heterocycles. The second-order valence-corrected chi connectivity index (χ2v) is 9.29. The van der Waals surface area contributed by atoms with Gasteiger partial charge >= 0.3 is 0 Å². The average Bonchev–Trinajstić information content (AvgIpc) is 3.21. The first kappa shape index (κ1) is 22.6. The van der Waals surface area contributed by atoms with Gasteiger partial charge in [0.05, 0.1) is 16.4 Å². The van der Waals surface area contributed by atoms with Gasteiger partial charge in [0.25, 0.3) is 15.9 Å². The Morgan fingerprint density at radius 2 is 1.81 bits per heavy atom. The minimum Gasteiger partial charge on any atom is -0.299 e. The van der Waals surface area contributed by atoms with E-state index in [-0.39, 0.29) is 11.5 Å². The molecule has 10 nitrogen and oxygen atoms in total. The topological polar surface area (TPSA) is 143 Å². The number of Topliss-reactive ketones (excluding diaryl/α,β-unsaturated/α-hetero) is 1. The van der Waals surface area contributed by atoms with Crippen molar-refractivity contribution in [3.05, 3.63) is 58.1 Å². The molecule has 0 amide bonds. The summed E-state index contributed by atoms with van der Waals surface area (Å²) in [6.45, 7) is 1.49. The number of ketones is 1. The third kappa shape index (κ3) is 5.96. The van der Waals surface area contributed by atoms with Crippen molar-refractivity contribution < 1.29 is 18.1 Å². The fourth-order valence-electron chi connectivity index (χ4n) is 2.74. The Bertz CT molecular complexity index is 1190. The fraction of sp³-hybridized carbons (Fsp3) is 0.211. The second kappa shape index (κ2) is 9.37. The van der Waals surface area contributed by atoms with Crippen molar-refractivity contribution >= 4 is 49.9 Å². The van der Waals surface area contributed by atoms with E-state index in [1.807, 2.05) is 0 Å². The largest absolute Gasteiger partial charge is 0.299 e. The van der Waals surface area contributed by atoms with Crippen LogP contribution in [0.15, 0.2) is 52.7 Å². The van der Waals surface area contributed by atoms with Crippen molar-refractivity contribution in [1.82, 2.24) is 4.72 Å². The number of rotatable bonds is 8. The zero-order chi connectivity index (χ0) is 22.6. The van der Waals surface area contributed by atoms with Crippen LogP contribution in [0.1, 0.15) is 18.9 Å². The van der Waals surface area contributed by atoms with Gasteiger partial charge in [0.2, 0.25) is 0 Å². The lowest BCUT2D eigenvalue weighted by Crippen LogP contribution is -2.26. The van der Waals surface area contributed by atoms with Crippen LogP contribution in [-0.4, -0.2) is 42.7 Å². The van der Waals surface area contributed by atoms with E-state index in [4.69, 9.17) is 0 Å². The number of hydrogen-bond acceptors (Lipinski definition) is 8. The molecule has 31 heavy (non-hydrogen) atoms. The molecule has 0 radical (unpaired) electrons. The maximum Gasteiger partial charge on any atom is 0.298 e. The maximum atomic E-state index is 11.6. The molecule has 0 bridgehead atoms. The van der Waals surface area contributed by atoms with Crippen LogP contribution in [0.25, 0.3) is 11.1 Å². The van der Waals surface area contributed by atoms with Crippen LogP contribution in [0, 0.1) is 10.1 Å². The van der Waals surface area contributed by atoms with E-state index in [0.29, 0.717) is 45.3 Å². The Labute approximate surface area is 183 Å². The van der Waals surface area contributed by atoms with Crippen molar-refractivity contribution in [2.24, 2.45) is 10.2 Å². The molecule has 2 N–H and O–H groups in total. The Kier molecular flexibility index (Phi) is 6.83. The Balaban J connectivity index is 1.86. The van der Waals surface area contributed by atoms with Crippen LogP contribution in [0.2, 0.25) is 0 Å². The van der Waals surface area contributed by atoms with Crippen LogP contribution in [0.3, 0.4) is 0 Å². The third-order valence-electron chi connectivity index (χ3n) is 4.24. The van der Waals surface area contributed by atoms with E-state index in [9.17, 15) is 23.3 Å². The van der Waals surface area contributed by atoms with Gasteiger partial charge in [-0.1, -0.05) is 12.1 Å². The van der Waals surface area contributed by atoms with Gasteiger partial charge in [0.15, 0.2) is 0 Å². The van der Waals surface area contributed by atoms with E-state index in [2.05, 4.69) is 19.6 Å². The van der Waals surface area contributed by atoms with Crippen LogP contribution in [-0.2, 0) is 15.0 Å². The summed E-state index contributed by atoms with van der Waals surface area (Å²) in [5.74, 6) is 0.324. The molecular formula is C19H19N5O5S2. The normalized spacial score (nSPS) is 13.5. The summed E-state index contributed by atoms with van der Waals surface area (Å²) < 4.78 is 27.7. The van der Waals surface area contributed by atoms with Crippen molar-refractivity contribution in [3.8, 4) is 11.1 Å². The predicted molar refractivity (Wildman–Crippen MR) is 122 cm³/mol. The van der Waals surface area contributed by atoms with E-state index >= 15 is 0 Å². The number of nitrogens with one attached hydrogen (secondary N) is 2. The van der Waals surface area contributed by atoms with Gasteiger partial charge in [-0.3, -0.25) is 19.6 Å². The smallest absolute Gasteiger partial charge is 0.298 e. The van der Waals surface area contributed by atoms with E-state index < -0.39 is 15.1 Å². The molecule has 2 aromatic rings. The molecule has 0 aromatic heterocycles. The van der Waals surface area contributed by atoms with Crippen LogP contribution >= 0.6 is 11.8 Å². The third-order valence-corrected chi connectivity index (χ3v) is 6.40. The highest BCUT2D eigenvalue weighted by Crippen LogP contribution is 2.29. The molecule has 0 unspecified atom stereocenters. The SMILES string of the molecule is CNS(=O)(=O)Nc1ccc(-c2cc(C3=NN=C(SCC(C)=O)C3)cc([N+](=O)[O-])c2)cc1. The minimum absolute atomic E-state index is 0.0271. The van der Waals surface area contributed by atoms with Gasteiger partial charge in [-0.2, -0.15) is 13.5 Å². The number of carbonyl (C=O) groups is 1. The number of nitro groups is 1.